The molecule has 0 aliphatic rings. The first kappa shape index (κ1) is 72.5. The minimum absolute atomic E-state index is 0.0215. The number of hydrogen-bond acceptors (Lipinski definition) is 20. The summed E-state index contributed by atoms with van der Waals surface area (Å²) in [5, 5.41) is 33.5. The number of aryl methyl sites for hydroxylation is 3. The third kappa shape index (κ3) is 23.3. The molecule has 27 nitrogen and oxygen atoms in total. The number of carbonyl (C=O) groups is 6. The number of hydrogen-bond donors (Lipinski definition) is 1. The molecule has 0 bridgehead atoms. The Labute approximate surface area is 561 Å². The van der Waals surface area contributed by atoms with Crippen LogP contribution >= 0.6 is 0 Å². The third-order valence-corrected chi connectivity index (χ3v) is 14.1. The van der Waals surface area contributed by atoms with Crippen LogP contribution in [-0.2, 0) is 98.7 Å². The molecule has 3 aromatic heterocycles. The van der Waals surface area contributed by atoms with Crippen molar-refractivity contribution in [1.82, 2.24) is 59.7 Å². The summed E-state index contributed by atoms with van der Waals surface area (Å²) < 4.78 is 47.3. The monoisotopic (exact) mass is 1330 g/mol. The number of carbonyl (C=O) groups excluding carboxylic acids is 5. The van der Waals surface area contributed by atoms with Crippen LogP contribution in [-0.4, -0.2) is 149 Å². The van der Waals surface area contributed by atoms with Gasteiger partial charge >= 0.3 is 36.2 Å². The second kappa shape index (κ2) is 37.7. The summed E-state index contributed by atoms with van der Waals surface area (Å²) in [7, 11) is 10.3. The highest BCUT2D eigenvalue weighted by Crippen LogP contribution is 2.28. The molecule has 0 saturated carbocycles. The zero-order chi connectivity index (χ0) is 69.5. The van der Waals surface area contributed by atoms with Gasteiger partial charge in [0.2, 0.25) is 0 Å². The van der Waals surface area contributed by atoms with Gasteiger partial charge in [0.15, 0.2) is 0 Å². The summed E-state index contributed by atoms with van der Waals surface area (Å²) in [6.45, 7) is 5.91. The van der Waals surface area contributed by atoms with Gasteiger partial charge in [-0.3, -0.25) is 9.59 Å². The van der Waals surface area contributed by atoms with Gasteiger partial charge in [0, 0.05) is 78.6 Å². The van der Waals surface area contributed by atoms with Crippen molar-refractivity contribution in [1.29, 1.82) is 0 Å². The van der Waals surface area contributed by atoms with E-state index in [-0.39, 0.29) is 51.8 Å². The highest BCUT2D eigenvalue weighted by molar-refractivity contribution is 5.81. The molecule has 0 spiro atoms. The Morgan fingerprint density at radius 1 is 0.433 bits per heavy atom. The van der Waals surface area contributed by atoms with Gasteiger partial charge in [-0.05, 0) is 103 Å². The molecule has 9 aromatic rings. The van der Waals surface area contributed by atoms with Crippen molar-refractivity contribution in [2.75, 3.05) is 47.6 Å². The molecule has 0 fully saturated rings. The molecule has 97 heavy (non-hydrogen) atoms. The first-order valence-electron chi connectivity index (χ1n) is 30.7. The second-order valence-electron chi connectivity index (χ2n) is 21.4. The molecule has 1 N–H and O–H groups in total. The SMILES string of the molecule is CCOC(=O)/C=C/Oc1ccc(-c2nnn(C)c2COC(=O)N(C)Cc2ccccc2)cc1.CCOC(=O)CCOc1ccc(-c2nnn(C)c2COC(=O)N(C)Cc2ccccc2)cc1.CN(Cc1ccccc1)C(=O)OCc1c(-c2ccc(OCCC(=O)O)cc2)nnn1C. The van der Waals surface area contributed by atoms with E-state index < -0.39 is 30.2 Å². The van der Waals surface area contributed by atoms with Crippen molar-refractivity contribution >= 4 is 36.2 Å². The smallest absolute Gasteiger partial charge is 0.410 e. The van der Waals surface area contributed by atoms with Gasteiger partial charge in [0.25, 0.3) is 0 Å². The normalized spacial score (nSPS) is 10.6. The van der Waals surface area contributed by atoms with Crippen LogP contribution in [0.1, 0.15) is 60.5 Å². The lowest BCUT2D eigenvalue weighted by Crippen LogP contribution is -2.27. The number of esters is 2. The summed E-state index contributed by atoms with van der Waals surface area (Å²) in [5.41, 5.74) is 9.22. The maximum atomic E-state index is 12.4. The van der Waals surface area contributed by atoms with Crippen LogP contribution in [0.15, 0.2) is 176 Å². The van der Waals surface area contributed by atoms with E-state index in [9.17, 15) is 28.8 Å². The van der Waals surface area contributed by atoms with Crippen LogP contribution < -0.4 is 14.2 Å². The number of rotatable bonds is 28. The summed E-state index contributed by atoms with van der Waals surface area (Å²) >= 11 is 0. The van der Waals surface area contributed by atoms with E-state index in [0.29, 0.717) is 84.3 Å². The number of carboxylic acids is 1. The molecule has 0 atom stereocenters. The number of ether oxygens (including phenoxy) is 8. The Balaban J connectivity index is 0.000000205. The van der Waals surface area contributed by atoms with E-state index in [4.69, 9.17) is 43.0 Å². The highest BCUT2D eigenvalue weighted by Gasteiger charge is 2.21. The van der Waals surface area contributed by atoms with Gasteiger partial charge in [-0.25, -0.2) is 33.2 Å². The summed E-state index contributed by atoms with van der Waals surface area (Å²) in [6, 6.07) is 50.5. The lowest BCUT2D eigenvalue weighted by atomic mass is 10.1. The van der Waals surface area contributed by atoms with Crippen molar-refractivity contribution in [2.24, 2.45) is 21.1 Å². The average molecular weight is 1330 g/mol. The number of nitrogens with zero attached hydrogens (tertiary/aromatic N) is 12. The Morgan fingerprint density at radius 3 is 1.09 bits per heavy atom. The fourth-order valence-electron chi connectivity index (χ4n) is 8.98. The number of aliphatic carboxylic acids is 1. The minimum Gasteiger partial charge on any atom is -0.493 e. The van der Waals surface area contributed by atoms with E-state index in [2.05, 4.69) is 30.9 Å². The zero-order valence-electron chi connectivity index (χ0n) is 55.3. The van der Waals surface area contributed by atoms with Crippen molar-refractivity contribution in [3.63, 3.8) is 0 Å². The van der Waals surface area contributed by atoms with Crippen LogP contribution in [0, 0.1) is 0 Å². The second-order valence-corrected chi connectivity index (χ2v) is 21.4. The molecule has 0 radical (unpaired) electrons. The van der Waals surface area contributed by atoms with Crippen molar-refractivity contribution < 1.29 is 71.8 Å². The fourth-order valence-corrected chi connectivity index (χ4v) is 8.98. The Hall–Kier alpha value is -11.9. The lowest BCUT2D eigenvalue weighted by Gasteiger charge is -2.17. The van der Waals surface area contributed by atoms with Gasteiger partial charge in [0.05, 0.1) is 51.6 Å². The van der Waals surface area contributed by atoms with Gasteiger partial charge in [-0.2, -0.15) is 0 Å². The minimum atomic E-state index is -0.912. The standard InChI is InChI=1S/C24H28N4O5.C24H26N4O5.C22H24N4O5/c2*1-4-31-22(29)14-15-32-20-12-10-19(11-13-20)23-21(28(3)26-25-23)17-33-24(30)27(2)16-18-8-6-5-7-9-18;1-25(14-16-6-4-3-5-7-16)22(29)31-15-19-21(23-24-26(19)2)17-8-10-18(11-9-17)30-13-12-20(27)28/h5-13H,4,14-17H2,1-3H3;5-15H,4,16-17H2,1-3H3;3-11H,12-15H2,1-2H3,(H,27,28)/b;15-14+;. The van der Waals surface area contributed by atoms with Crippen molar-refractivity contribution in [2.45, 2.75) is 66.1 Å². The molecule has 9 rings (SSSR count). The molecule has 27 heteroatoms. The molecule has 0 unspecified atom stereocenters. The van der Waals surface area contributed by atoms with Crippen LogP contribution in [0.5, 0.6) is 17.2 Å². The van der Waals surface area contributed by atoms with Crippen LogP contribution in [0.25, 0.3) is 33.8 Å². The van der Waals surface area contributed by atoms with Crippen molar-refractivity contribution in [3.05, 3.63) is 210 Å². The van der Waals surface area contributed by atoms with E-state index in [1.807, 2.05) is 115 Å². The molecule has 0 aliphatic carbocycles. The predicted octanol–water partition coefficient (Wildman–Crippen LogP) is 10.4. The lowest BCUT2D eigenvalue weighted by molar-refractivity contribution is -0.143. The average Bonchev–Trinajstić information content (AvgIpc) is 1.75. The first-order chi connectivity index (χ1) is 46.9. The van der Waals surface area contributed by atoms with Crippen molar-refractivity contribution in [3.8, 4) is 51.0 Å². The molecule has 3 heterocycles. The van der Waals surface area contributed by atoms with Gasteiger partial charge in [-0.15, -0.1) is 15.3 Å². The Morgan fingerprint density at radius 2 is 0.763 bits per heavy atom. The number of aromatic nitrogens is 9. The largest absolute Gasteiger partial charge is 0.493 e. The maximum absolute atomic E-state index is 12.4. The first-order valence-corrected chi connectivity index (χ1v) is 30.7. The molecule has 6 aromatic carbocycles. The highest BCUT2D eigenvalue weighted by atomic mass is 16.6. The quantitative estimate of drug-likeness (QED) is 0.0206. The van der Waals surface area contributed by atoms with E-state index in [1.165, 1.54) is 27.0 Å². The third-order valence-electron chi connectivity index (χ3n) is 14.1. The molecule has 0 aliphatic heterocycles. The van der Waals surface area contributed by atoms with Crippen LogP contribution in [0.4, 0.5) is 14.4 Å². The maximum Gasteiger partial charge on any atom is 0.410 e. The molecule has 3 amide bonds. The Kier molecular flexibility index (Phi) is 28.2. The van der Waals surface area contributed by atoms with Gasteiger partial charge in [0.1, 0.15) is 71.2 Å². The van der Waals surface area contributed by atoms with E-state index in [0.717, 1.165) is 33.4 Å². The zero-order valence-corrected chi connectivity index (χ0v) is 55.3. The molecule has 508 valence electrons. The molecular weight excluding hydrogens is 1250 g/mol. The summed E-state index contributed by atoms with van der Waals surface area (Å²) in [6.07, 6.45) is 1.28. The summed E-state index contributed by atoms with van der Waals surface area (Å²) in [5.74, 6) is 0.0555. The van der Waals surface area contributed by atoms with Crippen LogP contribution in [0.2, 0.25) is 0 Å². The topological polar surface area (TPSA) is 298 Å². The number of amides is 3. The van der Waals surface area contributed by atoms with Crippen LogP contribution in [0.3, 0.4) is 0 Å². The summed E-state index contributed by atoms with van der Waals surface area (Å²) in [4.78, 5) is 75.1. The predicted molar refractivity (Wildman–Crippen MR) is 354 cm³/mol. The van der Waals surface area contributed by atoms with Gasteiger partial charge in [-0.1, -0.05) is 107 Å². The molecule has 0 saturated heterocycles. The Bertz CT molecular complexity index is 3980. The van der Waals surface area contributed by atoms with E-state index in [1.54, 1.807) is 119 Å². The fraction of sp³-hybridized carbons (Fsp3) is 0.286. The van der Waals surface area contributed by atoms with Gasteiger partial charge < -0.3 is 57.7 Å². The van der Waals surface area contributed by atoms with E-state index >= 15 is 0 Å². The molecular formula is C70H78N12O15. The number of carboxylic acid groups (broad SMARTS) is 1. The number of benzene rings is 6.